The van der Waals surface area contributed by atoms with Crippen LogP contribution in [0.3, 0.4) is 0 Å². The second-order valence-corrected chi connectivity index (χ2v) is 13.2. The van der Waals surface area contributed by atoms with E-state index in [0.29, 0.717) is 25.8 Å². The van der Waals surface area contributed by atoms with Crippen LogP contribution in [0, 0.1) is 23.7 Å². The van der Waals surface area contributed by atoms with Crippen molar-refractivity contribution >= 4 is 5.97 Å². The highest BCUT2D eigenvalue weighted by molar-refractivity contribution is 5.70. The standard InChI is InChI=1S/C30H60N2O8/c1-12-13-30(8,38)28(35)21(6)32(11)16-17(2)14-18(3)25(33)19(4)27(20(5)29(36)37)40-24-15-23(31(9)10)26(34)22(7)39-24/h17-28,33-35,38H,12-16H2,1-11H3,(H,36,37)/t17-,18+,19-,20-,21-,22?,23?,24?,25?,26?,27?,28-,30?/m1/s1. The molecule has 40 heavy (non-hydrogen) atoms. The van der Waals surface area contributed by atoms with Gasteiger partial charge in [0.15, 0.2) is 6.29 Å². The lowest BCUT2D eigenvalue weighted by molar-refractivity contribution is -0.264. The van der Waals surface area contributed by atoms with Crippen molar-refractivity contribution in [2.45, 2.75) is 136 Å². The van der Waals surface area contributed by atoms with Crippen LogP contribution in [0.2, 0.25) is 0 Å². The molecule has 0 spiro atoms. The lowest BCUT2D eigenvalue weighted by atomic mass is 9.81. The van der Waals surface area contributed by atoms with Gasteiger partial charge >= 0.3 is 5.97 Å². The van der Waals surface area contributed by atoms with Gasteiger partial charge in [0, 0.05) is 31.0 Å². The molecule has 1 fully saturated rings. The Bertz CT molecular complexity index is 753. The van der Waals surface area contributed by atoms with Gasteiger partial charge in [0.1, 0.15) is 0 Å². The van der Waals surface area contributed by atoms with Gasteiger partial charge < -0.3 is 44.8 Å². The van der Waals surface area contributed by atoms with Gasteiger partial charge in [0.25, 0.3) is 0 Å². The third kappa shape index (κ3) is 10.2. The number of rotatable bonds is 17. The highest BCUT2D eigenvalue weighted by atomic mass is 16.7. The Balaban J connectivity index is 2.89. The minimum atomic E-state index is -1.16. The molecule has 0 aromatic rings. The predicted molar refractivity (Wildman–Crippen MR) is 156 cm³/mol. The minimum Gasteiger partial charge on any atom is -0.481 e. The van der Waals surface area contributed by atoms with Gasteiger partial charge in [-0.3, -0.25) is 4.79 Å². The summed E-state index contributed by atoms with van der Waals surface area (Å²) in [5.41, 5.74) is -1.16. The summed E-state index contributed by atoms with van der Waals surface area (Å²) in [7, 11) is 5.68. The van der Waals surface area contributed by atoms with Crippen LogP contribution >= 0.6 is 0 Å². The van der Waals surface area contributed by atoms with E-state index >= 15 is 0 Å². The molecule has 1 heterocycles. The van der Waals surface area contributed by atoms with E-state index in [0.717, 1.165) is 6.42 Å². The van der Waals surface area contributed by atoms with Crippen LogP contribution in [-0.2, 0) is 14.3 Å². The van der Waals surface area contributed by atoms with Gasteiger partial charge in [-0.05, 0) is 73.5 Å². The Hall–Kier alpha value is -0.850. The number of hydrogen-bond donors (Lipinski definition) is 5. The van der Waals surface area contributed by atoms with E-state index in [1.807, 2.05) is 58.6 Å². The van der Waals surface area contributed by atoms with E-state index in [2.05, 4.69) is 6.92 Å². The normalized spacial score (nSPS) is 29.7. The first-order chi connectivity index (χ1) is 18.3. The first-order valence-electron chi connectivity index (χ1n) is 15.0. The van der Waals surface area contributed by atoms with Crippen molar-refractivity contribution in [3.8, 4) is 0 Å². The number of aliphatic hydroxyl groups excluding tert-OH is 3. The molecule has 0 saturated carbocycles. The average molecular weight is 577 g/mol. The van der Waals surface area contributed by atoms with Gasteiger partial charge in [0.05, 0.1) is 42.0 Å². The monoisotopic (exact) mass is 576 g/mol. The fourth-order valence-corrected chi connectivity index (χ4v) is 6.28. The van der Waals surface area contributed by atoms with Gasteiger partial charge in [-0.1, -0.05) is 34.1 Å². The molecule has 13 atom stereocenters. The first kappa shape index (κ1) is 37.2. The van der Waals surface area contributed by atoms with Crippen LogP contribution in [0.25, 0.3) is 0 Å². The second-order valence-electron chi connectivity index (χ2n) is 13.2. The summed E-state index contributed by atoms with van der Waals surface area (Å²) in [5.74, 6) is -2.34. The molecule has 1 aliphatic heterocycles. The van der Waals surface area contributed by atoms with E-state index in [1.54, 1.807) is 20.8 Å². The number of ether oxygens (including phenoxy) is 2. The smallest absolute Gasteiger partial charge is 0.308 e. The van der Waals surface area contributed by atoms with Crippen molar-refractivity contribution in [3.05, 3.63) is 0 Å². The van der Waals surface area contributed by atoms with E-state index in [1.165, 1.54) is 0 Å². The highest BCUT2D eigenvalue weighted by Gasteiger charge is 2.42. The summed E-state index contributed by atoms with van der Waals surface area (Å²) >= 11 is 0. The Morgan fingerprint density at radius 3 is 2.20 bits per heavy atom. The molecule has 0 aromatic carbocycles. The summed E-state index contributed by atoms with van der Waals surface area (Å²) in [6.07, 6.45) is -1.99. The van der Waals surface area contributed by atoms with E-state index in [9.17, 15) is 30.3 Å². The summed E-state index contributed by atoms with van der Waals surface area (Å²) in [5, 5.41) is 53.1. The first-order valence-corrected chi connectivity index (χ1v) is 15.0. The summed E-state index contributed by atoms with van der Waals surface area (Å²) in [6, 6.07) is -0.446. The number of carboxylic acids is 1. The van der Waals surface area contributed by atoms with Crippen LogP contribution in [-0.4, -0.2) is 123 Å². The second kappa shape index (κ2) is 16.1. The summed E-state index contributed by atoms with van der Waals surface area (Å²) in [6.45, 7) is 15.5. The van der Waals surface area contributed by atoms with Crippen LogP contribution < -0.4 is 0 Å². The van der Waals surface area contributed by atoms with Crippen molar-refractivity contribution < 1.29 is 39.8 Å². The molecule has 1 rings (SSSR count). The fraction of sp³-hybridized carbons (Fsp3) is 0.967. The number of likely N-dealkylation sites (N-methyl/N-ethyl adjacent to an activating group) is 2. The molecule has 238 valence electrons. The highest BCUT2D eigenvalue weighted by Crippen LogP contribution is 2.32. The molecule has 7 unspecified atom stereocenters. The molecule has 0 aliphatic carbocycles. The molecule has 1 aliphatic rings. The third-order valence-corrected chi connectivity index (χ3v) is 9.09. The molecular weight excluding hydrogens is 516 g/mol. The quantitative estimate of drug-likeness (QED) is 0.175. The molecule has 5 N–H and O–H groups in total. The topological polar surface area (TPSA) is 143 Å². The molecule has 0 amide bonds. The number of aliphatic carboxylic acids is 1. The number of carboxylic acid groups (broad SMARTS) is 1. The number of hydrogen-bond acceptors (Lipinski definition) is 9. The third-order valence-electron chi connectivity index (χ3n) is 9.09. The Labute approximate surface area is 242 Å². The van der Waals surface area contributed by atoms with Gasteiger partial charge in [-0.2, -0.15) is 0 Å². The van der Waals surface area contributed by atoms with E-state index in [4.69, 9.17) is 9.47 Å². The zero-order valence-electron chi connectivity index (χ0n) is 26.8. The SMILES string of the molecule is CCCC(C)(O)[C@H](O)[C@@H](C)N(C)C[C@H](C)C[C@H](C)C(O)[C@@H](C)C(OC1CC(N(C)C)C(O)C(C)O1)[C@@H](C)C(=O)O. The number of nitrogens with zero attached hydrogens (tertiary/aromatic N) is 2. The molecule has 0 radical (unpaired) electrons. The summed E-state index contributed by atoms with van der Waals surface area (Å²) in [4.78, 5) is 16.0. The van der Waals surface area contributed by atoms with Crippen LogP contribution in [0.1, 0.15) is 81.1 Å². The van der Waals surface area contributed by atoms with Gasteiger partial charge in [-0.25, -0.2) is 0 Å². The molecular formula is C30H60N2O8. The number of aliphatic hydroxyl groups is 4. The minimum absolute atomic E-state index is 0.142. The molecule has 1 saturated heterocycles. The zero-order chi connectivity index (χ0) is 31.1. The molecule has 0 aromatic heterocycles. The maximum absolute atomic E-state index is 12.0. The maximum atomic E-state index is 12.0. The van der Waals surface area contributed by atoms with Crippen LogP contribution in [0.4, 0.5) is 0 Å². The van der Waals surface area contributed by atoms with Crippen molar-refractivity contribution in [2.24, 2.45) is 23.7 Å². The van der Waals surface area contributed by atoms with Crippen molar-refractivity contribution in [1.82, 2.24) is 9.80 Å². The fourth-order valence-electron chi connectivity index (χ4n) is 6.28. The van der Waals surface area contributed by atoms with E-state index < -0.39 is 60.2 Å². The lowest BCUT2D eigenvalue weighted by Gasteiger charge is -2.43. The zero-order valence-corrected chi connectivity index (χ0v) is 26.8. The Kier molecular flexibility index (Phi) is 15.0. The maximum Gasteiger partial charge on any atom is 0.308 e. The van der Waals surface area contributed by atoms with Gasteiger partial charge in [-0.15, -0.1) is 0 Å². The van der Waals surface area contributed by atoms with Crippen molar-refractivity contribution in [1.29, 1.82) is 0 Å². The van der Waals surface area contributed by atoms with Gasteiger partial charge in [0.2, 0.25) is 0 Å². The van der Waals surface area contributed by atoms with E-state index in [-0.39, 0.29) is 23.9 Å². The molecule has 0 bridgehead atoms. The lowest BCUT2D eigenvalue weighted by Crippen LogP contribution is -2.55. The van der Waals surface area contributed by atoms with Crippen LogP contribution in [0.15, 0.2) is 0 Å². The Morgan fingerprint density at radius 1 is 1.12 bits per heavy atom. The predicted octanol–water partition coefficient (Wildman–Crippen LogP) is 2.41. The van der Waals surface area contributed by atoms with Crippen molar-refractivity contribution in [2.75, 3.05) is 27.7 Å². The average Bonchev–Trinajstić information content (AvgIpc) is 2.86. The van der Waals surface area contributed by atoms with Crippen LogP contribution in [0.5, 0.6) is 0 Å². The van der Waals surface area contributed by atoms with Crippen molar-refractivity contribution in [3.63, 3.8) is 0 Å². The molecule has 10 nitrogen and oxygen atoms in total. The largest absolute Gasteiger partial charge is 0.481 e. The summed E-state index contributed by atoms with van der Waals surface area (Å²) < 4.78 is 12.2. The Morgan fingerprint density at radius 2 is 1.70 bits per heavy atom. The number of carbonyl (C=O) groups is 1. The molecule has 10 heteroatoms.